The number of likely N-dealkylation sites (tertiary alicyclic amines) is 1. The van der Waals surface area contributed by atoms with Gasteiger partial charge in [-0.3, -0.25) is 9.79 Å². The van der Waals surface area contributed by atoms with Crippen LogP contribution in [0.15, 0.2) is 29.3 Å². The van der Waals surface area contributed by atoms with Gasteiger partial charge in [0.15, 0.2) is 5.96 Å². The van der Waals surface area contributed by atoms with Gasteiger partial charge in [-0.2, -0.15) is 0 Å². The zero-order valence-electron chi connectivity index (χ0n) is 19.0. The van der Waals surface area contributed by atoms with E-state index in [0.29, 0.717) is 18.9 Å². The van der Waals surface area contributed by atoms with Crippen LogP contribution in [0.2, 0.25) is 0 Å². The first-order chi connectivity index (χ1) is 14.0. The van der Waals surface area contributed by atoms with E-state index in [4.69, 9.17) is 9.73 Å². The number of carbonyl (C=O) groups excluding carboxylic acids is 1. The molecular weight excluding hydrogens is 491 g/mol. The molecule has 30 heavy (non-hydrogen) atoms. The number of hydrogen-bond donors (Lipinski definition) is 2. The highest BCUT2D eigenvalue weighted by Gasteiger charge is 2.20. The minimum Gasteiger partial charge on any atom is -0.497 e. The zero-order chi connectivity index (χ0) is 21.1. The maximum absolute atomic E-state index is 12.1. The van der Waals surface area contributed by atoms with Gasteiger partial charge in [-0.15, -0.1) is 24.0 Å². The number of methoxy groups -OCH3 is 1. The summed E-state index contributed by atoms with van der Waals surface area (Å²) in [6.07, 6.45) is 4.97. The molecule has 1 fully saturated rings. The van der Waals surface area contributed by atoms with Crippen molar-refractivity contribution in [1.82, 2.24) is 15.5 Å². The first-order valence-electron chi connectivity index (χ1n) is 10.9. The van der Waals surface area contributed by atoms with Gasteiger partial charge in [0.25, 0.3) is 0 Å². The Morgan fingerprint density at radius 1 is 1.17 bits per heavy atom. The molecule has 0 spiro atoms. The van der Waals surface area contributed by atoms with E-state index in [1.54, 1.807) is 7.11 Å². The lowest BCUT2D eigenvalue weighted by Crippen LogP contribution is -2.40. The number of aliphatic imine (C=N–C) groups is 1. The van der Waals surface area contributed by atoms with Gasteiger partial charge in [0.05, 0.1) is 13.7 Å². The summed E-state index contributed by atoms with van der Waals surface area (Å²) in [5.41, 5.74) is 1.16. The second kappa shape index (κ2) is 13.7. The molecule has 1 heterocycles. The van der Waals surface area contributed by atoms with E-state index in [0.717, 1.165) is 57.2 Å². The van der Waals surface area contributed by atoms with Gasteiger partial charge in [-0.05, 0) is 43.9 Å². The second-order valence-electron chi connectivity index (χ2n) is 8.28. The minimum absolute atomic E-state index is 0. The summed E-state index contributed by atoms with van der Waals surface area (Å²) >= 11 is 0. The van der Waals surface area contributed by atoms with E-state index < -0.39 is 0 Å². The number of carbonyl (C=O) groups is 1. The van der Waals surface area contributed by atoms with Crippen LogP contribution >= 0.6 is 24.0 Å². The summed E-state index contributed by atoms with van der Waals surface area (Å²) in [5.74, 6) is 2.01. The number of benzene rings is 1. The molecule has 1 saturated heterocycles. The number of guanidine groups is 1. The summed E-state index contributed by atoms with van der Waals surface area (Å²) in [6.45, 7) is 10.5. The fraction of sp³-hybridized carbons (Fsp3) is 0.652. The normalized spacial score (nSPS) is 15.3. The lowest BCUT2D eigenvalue weighted by molar-refractivity contribution is -0.130. The average molecular weight is 530 g/mol. The van der Waals surface area contributed by atoms with Crippen LogP contribution in [0.4, 0.5) is 0 Å². The van der Waals surface area contributed by atoms with Crippen LogP contribution in [0.25, 0.3) is 0 Å². The van der Waals surface area contributed by atoms with E-state index in [1.165, 1.54) is 12.0 Å². The quantitative estimate of drug-likeness (QED) is 0.220. The monoisotopic (exact) mass is 530 g/mol. The van der Waals surface area contributed by atoms with Gasteiger partial charge in [0, 0.05) is 38.0 Å². The Labute approximate surface area is 199 Å². The number of hydrogen-bond acceptors (Lipinski definition) is 3. The van der Waals surface area contributed by atoms with Crippen LogP contribution in [0.5, 0.6) is 5.75 Å². The largest absolute Gasteiger partial charge is 0.497 e. The third-order valence-corrected chi connectivity index (χ3v) is 5.42. The van der Waals surface area contributed by atoms with Crippen molar-refractivity contribution < 1.29 is 9.53 Å². The van der Waals surface area contributed by atoms with E-state index >= 15 is 0 Å². The molecule has 0 bridgehead atoms. The summed E-state index contributed by atoms with van der Waals surface area (Å²) in [5, 5.41) is 6.73. The molecule has 6 nitrogen and oxygen atoms in total. The van der Waals surface area contributed by atoms with Crippen LogP contribution < -0.4 is 15.4 Å². The zero-order valence-corrected chi connectivity index (χ0v) is 21.3. The molecule has 0 radical (unpaired) electrons. The first kappa shape index (κ1) is 26.5. The van der Waals surface area contributed by atoms with E-state index in [-0.39, 0.29) is 29.4 Å². The van der Waals surface area contributed by atoms with Crippen LogP contribution in [0, 0.1) is 0 Å². The van der Waals surface area contributed by atoms with Crippen LogP contribution in [0.3, 0.4) is 0 Å². The van der Waals surface area contributed by atoms with Crippen LogP contribution in [0.1, 0.15) is 58.4 Å². The number of rotatable bonds is 9. The summed E-state index contributed by atoms with van der Waals surface area (Å²) in [4.78, 5) is 18.9. The molecule has 2 N–H and O–H groups in total. The van der Waals surface area contributed by atoms with E-state index in [1.807, 2.05) is 17.0 Å². The van der Waals surface area contributed by atoms with E-state index in [9.17, 15) is 4.79 Å². The minimum atomic E-state index is -0.0763. The van der Waals surface area contributed by atoms with Crippen molar-refractivity contribution in [2.45, 2.75) is 58.3 Å². The van der Waals surface area contributed by atoms with Crippen molar-refractivity contribution in [2.75, 3.05) is 39.8 Å². The van der Waals surface area contributed by atoms with Crippen molar-refractivity contribution in [3.05, 3.63) is 29.8 Å². The van der Waals surface area contributed by atoms with Gasteiger partial charge in [0.1, 0.15) is 5.75 Å². The number of amides is 1. The summed E-state index contributed by atoms with van der Waals surface area (Å²) < 4.78 is 5.25. The lowest BCUT2D eigenvalue weighted by Gasteiger charge is -2.24. The number of nitrogens with one attached hydrogen (secondary N) is 2. The first-order valence-corrected chi connectivity index (χ1v) is 10.9. The molecule has 0 aliphatic carbocycles. The molecule has 1 aromatic carbocycles. The maximum Gasteiger partial charge on any atom is 0.222 e. The molecule has 0 aromatic heterocycles. The second-order valence-corrected chi connectivity index (χ2v) is 8.28. The summed E-state index contributed by atoms with van der Waals surface area (Å²) in [7, 11) is 1.68. The third-order valence-electron chi connectivity index (χ3n) is 5.42. The summed E-state index contributed by atoms with van der Waals surface area (Å²) in [6, 6.07) is 8.20. The Morgan fingerprint density at radius 3 is 2.57 bits per heavy atom. The van der Waals surface area contributed by atoms with Gasteiger partial charge in [0.2, 0.25) is 5.91 Å². The SMILES string of the molecule is CCNC(=NCC(C)(C)c1ccc(OC)cc1)NCCCN1CCCCCC1=O.I. The maximum atomic E-state index is 12.1. The average Bonchev–Trinajstić information content (AvgIpc) is 2.93. The molecule has 0 unspecified atom stereocenters. The topological polar surface area (TPSA) is 66.0 Å². The molecule has 1 aliphatic rings. The number of ether oxygens (including phenoxy) is 1. The third kappa shape index (κ3) is 8.70. The highest BCUT2D eigenvalue weighted by atomic mass is 127. The van der Waals surface area contributed by atoms with Crippen LogP contribution in [-0.4, -0.2) is 56.6 Å². The lowest BCUT2D eigenvalue weighted by atomic mass is 9.85. The van der Waals surface area contributed by atoms with Crippen molar-refractivity contribution in [1.29, 1.82) is 0 Å². The van der Waals surface area contributed by atoms with Gasteiger partial charge in [-0.1, -0.05) is 32.4 Å². The molecule has 170 valence electrons. The Bertz CT molecular complexity index is 662. The van der Waals surface area contributed by atoms with Crippen molar-refractivity contribution >= 4 is 35.8 Å². The molecule has 2 rings (SSSR count). The Balaban J connectivity index is 0.00000450. The van der Waals surface area contributed by atoms with Crippen molar-refractivity contribution in [2.24, 2.45) is 4.99 Å². The number of nitrogens with zero attached hydrogens (tertiary/aromatic N) is 2. The number of halogens is 1. The van der Waals surface area contributed by atoms with Gasteiger partial charge in [-0.25, -0.2) is 0 Å². The smallest absolute Gasteiger partial charge is 0.222 e. The van der Waals surface area contributed by atoms with Crippen molar-refractivity contribution in [3.8, 4) is 5.75 Å². The fourth-order valence-corrected chi connectivity index (χ4v) is 3.50. The molecular formula is C23H39IN4O2. The Morgan fingerprint density at radius 2 is 1.90 bits per heavy atom. The molecule has 1 amide bonds. The standard InChI is InChI=1S/C23H38N4O2.HI/c1-5-24-22(25-15-9-17-27-16-8-6-7-10-21(27)28)26-18-23(2,3)19-11-13-20(29-4)14-12-19;/h11-14H,5-10,15-18H2,1-4H3,(H2,24,25,26);1H. The van der Waals surface area contributed by atoms with Crippen molar-refractivity contribution in [3.63, 3.8) is 0 Å². The molecule has 0 atom stereocenters. The highest BCUT2D eigenvalue weighted by molar-refractivity contribution is 14.0. The molecule has 7 heteroatoms. The molecule has 1 aliphatic heterocycles. The van der Waals surface area contributed by atoms with Gasteiger partial charge >= 0.3 is 0 Å². The highest BCUT2D eigenvalue weighted by Crippen LogP contribution is 2.25. The molecule has 1 aromatic rings. The molecule has 0 saturated carbocycles. The van der Waals surface area contributed by atoms with Gasteiger partial charge < -0.3 is 20.3 Å². The van der Waals surface area contributed by atoms with Crippen LogP contribution in [-0.2, 0) is 10.2 Å². The van der Waals surface area contributed by atoms with E-state index in [2.05, 4.69) is 43.5 Å². The Hall–Kier alpha value is -1.51. The predicted octanol–water partition coefficient (Wildman–Crippen LogP) is 3.94. The fourth-order valence-electron chi connectivity index (χ4n) is 3.50. The predicted molar refractivity (Wildman–Crippen MR) is 135 cm³/mol. The Kier molecular flexibility index (Phi) is 12.1.